The van der Waals surface area contributed by atoms with Crippen molar-refractivity contribution in [3.05, 3.63) is 47.6 Å². The molecule has 0 saturated carbocycles. The molecular formula is C12H9N2S2. The van der Waals surface area contributed by atoms with Gasteiger partial charge < -0.3 is 0 Å². The van der Waals surface area contributed by atoms with Crippen molar-refractivity contribution in [1.29, 1.82) is 0 Å². The molecule has 0 spiro atoms. The van der Waals surface area contributed by atoms with E-state index < -0.39 is 0 Å². The first-order valence-electron chi connectivity index (χ1n) is 4.91. The van der Waals surface area contributed by atoms with Gasteiger partial charge >= 0.3 is 0 Å². The molecule has 3 rings (SSSR count). The van der Waals surface area contributed by atoms with Gasteiger partial charge in [-0.15, -0.1) is 11.3 Å². The van der Waals surface area contributed by atoms with Crippen molar-refractivity contribution in [2.45, 2.75) is 16.8 Å². The number of benzene rings is 1. The van der Waals surface area contributed by atoms with Crippen LogP contribution in [-0.2, 0) is 0 Å². The zero-order valence-electron chi connectivity index (χ0n) is 8.68. The third kappa shape index (κ3) is 1.86. The van der Waals surface area contributed by atoms with E-state index in [0.29, 0.717) is 0 Å². The topological polar surface area (TPSA) is 17.3 Å². The highest BCUT2D eigenvalue weighted by Gasteiger charge is 2.04. The van der Waals surface area contributed by atoms with E-state index >= 15 is 0 Å². The maximum Gasteiger partial charge on any atom is 0.195 e. The van der Waals surface area contributed by atoms with Gasteiger partial charge in [0.2, 0.25) is 0 Å². The van der Waals surface area contributed by atoms with Gasteiger partial charge in [0.25, 0.3) is 0 Å². The summed E-state index contributed by atoms with van der Waals surface area (Å²) < 4.78 is 1.93. The zero-order valence-corrected chi connectivity index (χ0v) is 10.3. The molecule has 0 unspecified atom stereocenters. The van der Waals surface area contributed by atoms with E-state index in [9.17, 15) is 0 Å². The Bertz CT molecular complexity index is 579. The second-order valence-electron chi connectivity index (χ2n) is 3.50. The van der Waals surface area contributed by atoms with Gasteiger partial charge in [0, 0.05) is 16.5 Å². The average Bonchev–Trinajstić information content (AvgIpc) is 2.81. The Kier molecular flexibility index (Phi) is 2.46. The maximum atomic E-state index is 4.48. The average molecular weight is 245 g/mol. The van der Waals surface area contributed by atoms with Gasteiger partial charge in [0.15, 0.2) is 4.96 Å². The molecule has 0 N–H and O–H groups in total. The second-order valence-corrected chi connectivity index (χ2v) is 5.43. The molecule has 4 heteroatoms. The van der Waals surface area contributed by atoms with Crippen LogP contribution in [0.2, 0.25) is 0 Å². The molecule has 0 aliphatic rings. The van der Waals surface area contributed by atoms with Crippen molar-refractivity contribution >= 4 is 28.1 Å². The summed E-state index contributed by atoms with van der Waals surface area (Å²) in [7, 11) is 0. The van der Waals surface area contributed by atoms with Crippen molar-refractivity contribution in [1.82, 2.24) is 9.38 Å². The predicted molar refractivity (Wildman–Crippen MR) is 67.2 cm³/mol. The molecule has 2 heterocycles. The summed E-state index contributed by atoms with van der Waals surface area (Å²) in [5, 5.41) is 2.94. The third-order valence-electron chi connectivity index (χ3n) is 2.24. The first-order chi connectivity index (χ1) is 7.81. The Labute approximate surface area is 102 Å². The van der Waals surface area contributed by atoms with Gasteiger partial charge in [0.1, 0.15) is 11.2 Å². The van der Waals surface area contributed by atoms with Gasteiger partial charge in [-0.3, -0.25) is 4.40 Å². The lowest BCUT2D eigenvalue weighted by Gasteiger charge is -1.97. The number of hydrogen-bond donors (Lipinski definition) is 0. The summed E-state index contributed by atoms with van der Waals surface area (Å²) in [6.45, 7) is 2.09. The molecule has 79 valence electrons. The minimum absolute atomic E-state index is 0.927. The fraction of sp³-hybridized carbons (Fsp3) is 0.0833. The molecule has 1 aromatic carbocycles. The SMILES string of the molecule is Cc1ccc(Sc2[c]n3ccsc3n2)cc1. The fourth-order valence-electron chi connectivity index (χ4n) is 1.42. The molecule has 0 bridgehead atoms. The smallest absolute Gasteiger partial charge is 0.195 e. The van der Waals surface area contributed by atoms with E-state index in [1.54, 1.807) is 23.1 Å². The van der Waals surface area contributed by atoms with Crippen molar-refractivity contribution in [3.63, 3.8) is 0 Å². The Morgan fingerprint density at radius 1 is 1.31 bits per heavy atom. The van der Waals surface area contributed by atoms with Crippen LogP contribution in [0.15, 0.2) is 45.8 Å². The zero-order chi connectivity index (χ0) is 11.0. The molecule has 1 radical (unpaired) electrons. The highest BCUT2D eigenvalue weighted by molar-refractivity contribution is 7.99. The van der Waals surface area contributed by atoms with Crippen LogP contribution in [0.25, 0.3) is 4.96 Å². The van der Waals surface area contributed by atoms with Crippen LogP contribution in [0.5, 0.6) is 0 Å². The standard InChI is InChI=1S/C12H9N2S2/c1-9-2-4-10(5-3-9)16-11-8-14-6-7-15-12(14)13-11/h2-7H,1H3. The minimum atomic E-state index is 0.927. The van der Waals surface area contributed by atoms with E-state index in [1.807, 2.05) is 16.0 Å². The number of imidazole rings is 1. The Morgan fingerprint density at radius 2 is 2.12 bits per heavy atom. The van der Waals surface area contributed by atoms with E-state index in [4.69, 9.17) is 0 Å². The molecule has 0 aliphatic heterocycles. The first-order valence-corrected chi connectivity index (χ1v) is 6.60. The molecular weight excluding hydrogens is 236 g/mol. The molecule has 3 aromatic rings. The highest BCUT2D eigenvalue weighted by atomic mass is 32.2. The van der Waals surface area contributed by atoms with Gasteiger partial charge in [-0.05, 0) is 19.1 Å². The lowest BCUT2D eigenvalue weighted by atomic mass is 10.2. The number of hydrogen-bond acceptors (Lipinski definition) is 3. The largest absolute Gasteiger partial charge is 0.288 e. The van der Waals surface area contributed by atoms with Crippen LogP contribution in [0, 0.1) is 13.1 Å². The van der Waals surface area contributed by atoms with Crippen molar-refractivity contribution in [2.75, 3.05) is 0 Å². The van der Waals surface area contributed by atoms with Gasteiger partial charge in [0.05, 0.1) is 0 Å². The van der Waals surface area contributed by atoms with E-state index in [1.165, 1.54) is 10.5 Å². The van der Waals surface area contributed by atoms with Crippen molar-refractivity contribution < 1.29 is 0 Å². The number of aryl methyl sites for hydroxylation is 1. The van der Waals surface area contributed by atoms with Crippen molar-refractivity contribution in [2.24, 2.45) is 0 Å². The maximum absolute atomic E-state index is 4.48. The molecule has 0 fully saturated rings. The van der Waals surface area contributed by atoms with E-state index in [-0.39, 0.29) is 0 Å². The second kappa shape index (κ2) is 3.96. The first kappa shape index (κ1) is 9.93. The summed E-state index contributed by atoms with van der Waals surface area (Å²) in [6.07, 6.45) is 5.20. The van der Waals surface area contributed by atoms with Gasteiger partial charge in [-0.2, -0.15) is 0 Å². The van der Waals surface area contributed by atoms with Crippen LogP contribution in [0.1, 0.15) is 5.56 Å². The van der Waals surface area contributed by atoms with Crippen LogP contribution in [-0.4, -0.2) is 9.38 Å². The van der Waals surface area contributed by atoms with E-state index in [0.717, 1.165) is 9.99 Å². The van der Waals surface area contributed by atoms with Crippen LogP contribution >= 0.6 is 23.1 Å². The highest BCUT2D eigenvalue weighted by Crippen LogP contribution is 2.27. The van der Waals surface area contributed by atoms with Gasteiger partial charge in [-0.25, -0.2) is 4.98 Å². The van der Waals surface area contributed by atoms with Crippen molar-refractivity contribution in [3.8, 4) is 0 Å². The quantitative estimate of drug-likeness (QED) is 0.685. The fourth-order valence-corrected chi connectivity index (χ4v) is 2.91. The van der Waals surface area contributed by atoms with Crippen LogP contribution in [0.3, 0.4) is 0 Å². The molecule has 0 aliphatic carbocycles. The molecule has 0 amide bonds. The summed E-state index contributed by atoms with van der Waals surface area (Å²) in [5.74, 6) is 0. The molecule has 16 heavy (non-hydrogen) atoms. The predicted octanol–water partition coefficient (Wildman–Crippen LogP) is 3.66. The van der Waals surface area contributed by atoms with Crippen LogP contribution < -0.4 is 0 Å². The minimum Gasteiger partial charge on any atom is -0.288 e. The summed E-state index contributed by atoms with van der Waals surface area (Å²) in [5.41, 5.74) is 1.28. The Morgan fingerprint density at radius 3 is 2.88 bits per heavy atom. The normalized spacial score (nSPS) is 11.1. The van der Waals surface area contributed by atoms with E-state index in [2.05, 4.69) is 42.4 Å². The lowest BCUT2D eigenvalue weighted by Crippen LogP contribution is -1.74. The number of rotatable bonds is 2. The summed E-state index contributed by atoms with van der Waals surface area (Å²) in [4.78, 5) is 6.68. The monoisotopic (exact) mass is 245 g/mol. The molecule has 0 atom stereocenters. The molecule has 2 aromatic heterocycles. The lowest BCUT2D eigenvalue weighted by molar-refractivity contribution is 1.18. The molecule has 2 nitrogen and oxygen atoms in total. The Hall–Kier alpha value is -1.26. The number of nitrogens with zero attached hydrogens (tertiary/aromatic N) is 2. The molecule has 0 saturated heterocycles. The third-order valence-corrected chi connectivity index (χ3v) is 3.88. The number of fused-ring (bicyclic) bond motifs is 1. The Balaban J connectivity index is 1.89. The summed E-state index contributed by atoms with van der Waals surface area (Å²) >= 11 is 3.27. The number of aromatic nitrogens is 2. The number of thiazole rings is 1. The van der Waals surface area contributed by atoms with Crippen LogP contribution in [0.4, 0.5) is 0 Å². The van der Waals surface area contributed by atoms with Gasteiger partial charge in [-0.1, -0.05) is 29.5 Å². The summed E-state index contributed by atoms with van der Waals surface area (Å²) in [6, 6.07) is 8.45.